The SMILES string of the molecule is O=C(O)C(=O)Nc1cc2cc([N+](=O)[O-])ccc2oc1=O. The zero-order valence-corrected chi connectivity index (χ0v) is 9.65. The fraction of sp³-hybridized carbons (Fsp3) is 0. The van der Waals surface area contributed by atoms with Gasteiger partial charge in [0.1, 0.15) is 11.3 Å². The number of aliphatic carboxylic acids is 1. The summed E-state index contributed by atoms with van der Waals surface area (Å²) in [5, 5.41) is 21.1. The van der Waals surface area contributed by atoms with E-state index in [1.807, 2.05) is 5.32 Å². The van der Waals surface area contributed by atoms with Crippen LogP contribution in [0, 0.1) is 10.1 Å². The van der Waals surface area contributed by atoms with Crippen LogP contribution in [0.1, 0.15) is 0 Å². The number of carboxylic acid groups (broad SMARTS) is 1. The molecule has 9 heteroatoms. The van der Waals surface area contributed by atoms with Crippen LogP contribution in [0.15, 0.2) is 33.5 Å². The van der Waals surface area contributed by atoms with Gasteiger partial charge < -0.3 is 14.8 Å². The Labute approximate surface area is 109 Å². The van der Waals surface area contributed by atoms with Gasteiger partial charge in [0.2, 0.25) is 0 Å². The van der Waals surface area contributed by atoms with Crippen molar-refractivity contribution in [3.8, 4) is 0 Å². The van der Waals surface area contributed by atoms with Gasteiger partial charge in [0.25, 0.3) is 5.69 Å². The number of nitro groups is 1. The van der Waals surface area contributed by atoms with Gasteiger partial charge in [-0.15, -0.1) is 0 Å². The predicted molar refractivity (Wildman–Crippen MR) is 65.4 cm³/mol. The van der Waals surface area contributed by atoms with Gasteiger partial charge in [0.15, 0.2) is 0 Å². The number of nitro benzene ring substituents is 1. The van der Waals surface area contributed by atoms with Crippen LogP contribution in [0.3, 0.4) is 0 Å². The maximum Gasteiger partial charge on any atom is 0.394 e. The van der Waals surface area contributed by atoms with E-state index in [1.54, 1.807) is 0 Å². The minimum atomic E-state index is -1.77. The minimum Gasteiger partial charge on any atom is -0.474 e. The van der Waals surface area contributed by atoms with Crippen molar-refractivity contribution in [2.75, 3.05) is 5.32 Å². The van der Waals surface area contributed by atoms with E-state index in [9.17, 15) is 24.5 Å². The molecule has 0 radical (unpaired) electrons. The number of carbonyl (C=O) groups excluding carboxylic acids is 1. The predicted octanol–water partition coefficient (Wildman–Crippen LogP) is 0.724. The van der Waals surface area contributed by atoms with Gasteiger partial charge in [-0.2, -0.15) is 0 Å². The fourth-order valence-electron chi connectivity index (χ4n) is 1.49. The number of fused-ring (bicyclic) bond motifs is 1. The summed E-state index contributed by atoms with van der Waals surface area (Å²) in [5.74, 6) is -3.19. The summed E-state index contributed by atoms with van der Waals surface area (Å²) in [5.41, 5.74) is -1.53. The Kier molecular flexibility index (Phi) is 3.17. The van der Waals surface area contributed by atoms with Gasteiger partial charge in [0.05, 0.1) is 4.92 Å². The number of hydrogen-bond donors (Lipinski definition) is 2. The summed E-state index contributed by atoms with van der Waals surface area (Å²) in [4.78, 5) is 42.9. The zero-order valence-electron chi connectivity index (χ0n) is 9.65. The van der Waals surface area contributed by atoms with Crippen molar-refractivity contribution in [1.29, 1.82) is 0 Å². The molecular weight excluding hydrogens is 272 g/mol. The molecule has 0 aliphatic rings. The molecule has 0 fully saturated rings. The van der Waals surface area contributed by atoms with Crippen molar-refractivity contribution in [3.05, 3.63) is 44.8 Å². The molecule has 0 aliphatic heterocycles. The normalized spacial score (nSPS) is 10.2. The third kappa shape index (κ3) is 2.46. The molecule has 0 unspecified atom stereocenters. The lowest BCUT2D eigenvalue weighted by Crippen LogP contribution is -2.24. The van der Waals surface area contributed by atoms with Crippen molar-refractivity contribution >= 4 is 34.2 Å². The topological polar surface area (TPSA) is 140 Å². The first-order chi connectivity index (χ1) is 9.38. The molecule has 0 saturated heterocycles. The largest absolute Gasteiger partial charge is 0.474 e. The van der Waals surface area contributed by atoms with Crippen molar-refractivity contribution in [2.45, 2.75) is 0 Å². The Bertz CT molecular complexity index is 793. The number of benzene rings is 1. The van der Waals surface area contributed by atoms with E-state index in [0.717, 1.165) is 18.2 Å². The van der Waals surface area contributed by atoms with Crippen LogP contribution in [-0.4, -0.2) is 21.9 Å². The molecule has 102 valence electrons. The van der Waals surface area contributed by atoms with Crippen LogP contribution < -0.4 is 10.9 Å². The summed E-state index contributed by atoms with van der Waals surface area (Å²) in [6.07, 6.45) is 0. The van der Waals surface area contributed by atoms with Gasteiger partial charge in [-0.05, 0) is 12.1 Å². The molecule has 1 aromatic heterocycles. The lowest BCUT2D eigenvalue weighted by Gasteiger charge is -2.02. The number of rotatable bonds is 2. The molecule has 0 aliphatic carbocycles. The molecule has 1 heterocycles. The third-order valence-electron chi connectivity index (χ3n) is 2.37. The Morgan fingerprint density at radius 3 is 2.60 bits per heavy atom. The van der Waals surface area contributed by atoms with Crippen LogP contribution in [0.4, 0.5) is 11.4 Å². The molecule has 1 amide bonds. The standard InChI is InChI=1S/C11H6N2O7/c14-9(10(15)16)12-7-4-5-3-6(13(18)19)1-2-8(5)20-11(7)17/h1-4H,(H,12,14)(H,15,16). The molecule has 0 bridgehead atoms. The number of anilines is 1. The second-order valence-corrected chi connectivity index (χ2v) is 3.69. The van der Waals surface area contributed by atoms with E-state index < -0.39 is 28.1 Å². The molecule has 0 atom stereocenters. The third-order valence-corrected chi connectivity index (χ3v) is 2.37. The Morgan fingerprint density at radius 1 is 1.30 bits per heavy atom. The van der Waals surface area contributed by atoms with Crippen LogP contribution in [-0.2, 0) is 9.59 Å². The van der Waals surface area contributed by atoms with E-state index >= 15 is 0 Å². The highest BCUT2D eigenvalue weighted by Gasteiger charge is 2.16. The second-order valence-electron chi connectivity index (χ2n) is 3.69. The maximum atomic E-state index is 11.5. The van der Waals surface area contributed by atoms with E-state index in [1.165, 1.54) is 6.07 Å². The first-order valence-electron chi connectivity index (χ1n) is 5.15. The summed E-state index contributed by atoms with van der Waals surface area (Å²) in [6.45, 7) is 0. The van der Waals surface area contributed by atoms with E-state index in [0.29, 0.717) is 0 Å². The maximum absolute atomic E-state index is 11.5. The van der Waals surface area contributed by atoms with Crippen molar-refractivity contribution in [3.63, 3.8) is 0 Å². The zero-order chi connectivity index (χ0) is 14.9. The number of nitrogens with one attached hydrogen (secondary N) is 1. The van der Waals surface area contributed by atoms with Crippen molar-refractivity contribution in [2.24, 2.45) is 0 Å². The van der Waals surface area contributed by atoms with Gasteiger partial charge in [-0.3, -0.25) is 14.9 Å². The van der Waals surface area contributed by atoms with Crippen molar-refractivity contribution < 1.29 is 24.0 Å². The van der Waals surface area contributed by atoms with Crippen LogP contribution >= 0.6 is 0 Å². The molecule has 0 saturated carbocycles. The average Bonchev–Trinajstić information content (AvgIpc) is 2.38. The highest BCUT2D eigenvalue weighted by atomic mass is 16.6. The summed E-state index contributed by atoms with van der Waals surface area (Å²) in [7, 11) is 0. The molecule has 2 N–H and O–H groups in total. The molecular formula is C11H6N2O7. The lowest BCUT2D eigenvalue weighted by atomic mass is 10.2. The Balaban J connectivity index is 2.53. The quantitative estimate of drug-likeness (QED) is 0.357. The Morgan fingerprint density at radius 2 is 2.00 bits per heavy atom. The first-order valence-corrected chi connectivity index (χ1v) is 5.15. The van der Waals surface area contributed by atoms with Crippen LogP contribution in [0.25, 0.3) is 11.0 Å². The van der Waals surface area contributed by atoms with E-state index in [4.69, 9.17) is 9.52 Å². The van der Waals surface area contributed by atoms with Gasteiger partial charge >= 0.3 is 17.5 Å². The molecule has 2 rings (SSSR count). The Hall–Kier alpha value is -3.23. The molecule has 1 aromatic carbocycles. The number of non-ortho nitro benzene ring substituents is 1. The molecule has 2 aromatic rings. The van der Waals surface area contributed by atoms with Gasteiger partial charge in [-0.25, -0.2) is 9.59 Å². The van der Waals surface area contributed by atoms with E-state index in [-0.39, 0.29) is 16.7 Å². The molecule has 9 nitrogen and oxygen atoms in total. The smallest absolute Gasteiger partial charge is 0.394 e. The number of hydrogen-bond acceptors (Lipinski definition) is 6. The molecule has 0 spiro atoms. The monoisotopic (exact) mass is 278 g/mol. The average molecular weight is 278 g/mol. The number of amides is 1. The van der Waals surface area contributed by atoms with Gasteiger partial charge in [0, 0.05) is 17.5 Å². The highest BCUT2D eigenvalue weighted by Crippen LogP contribution is 2.21. The highest BCUT2D eigenvalue weighted by molar-refractivity contribution is 6.36. The van der Waals surface area contributed by atoms with Crippen LogP contribution in [0.5, 0.6) is 0 Å². The number of carbonyl (C=O) groups is 2. The lowest BCUT2D eigenvalue weighted by molar-refractivity contribution is -0.384. The fourth-order valence-corrected chi connectivity index (χ4v) is 1.49. The first kappa shape index (κ1) is 13.2. The summed E-state index contributed by atoms with van der Waals surface area (Å²) in [6, 6.07) is 4.63. The number of nitrogens with zero attached hydrogens (tertiary/aromatic N) is 1. The van der Waals surface area contributed by atoms with Gasteiger partial charge in [-0.1, -0.05) is 0 Å². The summed E-state index contributed by atoms with van der Waals surface area (Å²) >= 11 is 0. The second kappa shape index (κ2) is 4.80. The van der Waals surface area contributed by atoms with Crippen molar-refractivity contribution in [1.82, 2.24) is 0 Å². The number of carboxylic acids is 1. The van der Waals surface area contributed by atoms with Crippen LogP contribution in [0.2, 0.25) is 0 Å². The van der Waals surface area contributed by atoms with E-state index in [2.05, 4.69) is 0 Å². The summed E-state index contributed by atoms with van der Waals surface area (Å²) < 4.78 is 4.82. The molecule has 20 heavy (non-hydrogen) atoms. The minimum absolute atomic E-state index is 0.0777.